The summed E-state index contributed by atoms with van der Waals surface area (Å²) in [5.74, 6) is -0.193. The Kier molecular flexibility index (Phi) is 4.30. The summed E-state index contributed by atoms with van der Waals surface area (Å²) in [5.41, 5.74) is 1.69. The van der Waals surface area contributed by atoms with Crippen LogP contribution in [0.5, 0.6) is 0 Å². The van der Waals surface area contributed by atoms with Crippen molar-refractivity contribution in [1.29, 1.82) is 0 Å². The zero-order valence-corrected chi connectivity index (χ0v) is 13.2. The normalized spacial score (nSPS) is 20.5. The molecule has 0 bridgehead atoms. The smallest absolute Gasteiger partial charge is 0.270 e. The minimum atomic E-state index is -0.668. The molecule has 5 nitrogen and oxygen atoms in total. The molecule has 23 heavy (non-hydrogen) atoms. The molecule has 120 valence electrons. The molecule has 1 aromatic heterocycles. The standard InChI is InChI=1S/C18H21N3O2/c1-18(23)8-10-21(13-18)15-7-9-19-16(11-15)17(22)20-12-14-5-3-2-4-6-14/h2-7,9,11,23H,8,10,12-13H2,1H3,(H,20,22). The molecule has 1 saturated heterocycles. The number of nitrogens with one attached hydrogen (secondary N) is 1. The third kappa shape index (κ3) is 3.87. The summed E-state index contributed by atoms with van der Waals surface area (Å²) in [6, 6.07) is 13.4. The van der Waals surface area contributed by atoms with Gasteiger partial charge in [-0.25, -0.2) is 0 Å². The van der Waals surface area contributed by atoms with Gasteiger partial charge in [0.2, 0.25) is 0 Å². The van der Waals surface area contributed by atoms with E-state index in [1.165, 1.54) is 0 Å². The van der Waals surface area contributed by atoms with Crippen LogP contribution >= 0.6 is 0 Å². The molecule has 0 spiro atoms. The van der Waals surface area contributed by atoms with E-state index < -0.39 is 5.60 Å². The first-order chi connectivity index (χ1) is 11.0. The third-order valence-corrected chi connectivity index (χ3v) is 4.09. The van der Waals surface area contributed by atoms with Gasteiger partial charge in [-0.2, -0.15) is 0 Å². The van der Waals surface area contributed by atoms with Crippen molar-refractivity contribution < 1.29 is 9.90 Å². The zero-order chi connectivity index (χ0) is 16.3. The number of pyridine rings is 1. The van der Waals surface area contributed by atoms with Crippen LogP contribution in [0.15, 0.2) is 48.7 Å². The largest absolute Gasteiger partial charge is 0.388 e. The Hall–Kier alpha value is -2.40. The quantitative estimate of drug-likeness (QED) is 0.906. The van der Waals surface area contributed by atoms with E-state index in [-0.39, 0.29) is 5.91 Å². The van der Waals surface area contributed by atoms with Crippen LogP contribution in [0.1, 0.15) is 29.4 Å². The molecule has 2 aromatic rings. The number of aromatic nitrogens is 1. The fourth-order valence-electron chi connectivity index (χ4n) is 2.77. The lowest BCUT2D eigenvalue weighted by atomic mass is 10.1. The van der Waals surface area contributed by atoms with Crippen molar-refractivity contribution in [3.8, 4) is 0 Å². The Balaban J connectivity index is 1.66. The first kappa shape index (κ1) is 15.5. The van der Waals surface area contributed by atoms with Gasteiger partial charge in [0.05, 0.1) is 5.60 Å². The maximum Gasteiger partial charge on any atom is 0.270 e. The molecular weight excluding hydrogens is 290 g/mol. The van der Waals surface area contributed by atoms with Crippen LogP contribution in [0.2, 0.25) is 0 Å². The predicted octanol–water partition coefficient (Wildman–Crippen LogP) is 1.97. The molecule has 1 aliphatic heterocycles. The molecule has 5 heteroatoms. The molecule has 1 fully saturated rings. The highest BCUT2D eigenvalue weighted by atomic mass is 16.3. The van der Waals surface area contributed by atoms with Crippen LogP contribution < -0.4 is 10.2 Å². The molecule has 1 amide bonds. The minimum Gasteiger partial charge on any atom is -0.388 e. The lowest BCUT2D eigenvalue weighted by Crippen LogP contribution is -2.30. The summed E-state index contributed by atoms with van der Waals surface area (Å²) in [6.07, 6.45) is 2.37. The first-order valence-corrected chi connectivity index (χ1v) is 7.79. The van der Waals surface area contributed by atoms with E-state index in [4.69, 9.17) is 0 Å². The van der Waals surface area contributed by atoms with E-state index in [0.717, 1.165) is 24.2 Å². The number of nitrogens with zero attached hydrogens (tertiary/aromatic N) is 2. The Labute approximate surface area is 136 Å². The predicted molar refractivity (Wildman–Crippen MR) is 89.3 cm³/mol. The second-order valence-electron chi connectivity index (χ2n) is 6.24. The van der Waals surface area contributed by atoms with Crippen molar-refractivity contribution in [2.75, 3.05) is 18.0 Å². The minimum absolute atomic E-state index is 0.193. The highest BCUT2D eigenvalue weighted by Gasteiger charge is 2.31. The van der Waals surface area contributed by atoms with Crippen LogP contribution in [0.3, 0.4) is 0 Å². The maximum absolute atomic E-state index is 12.3. The SMILES string of the molecule is CC1(O)CCN(c2ccnc(C(=O)NCc3ccccc3)c2)C1. The third-order valence-electron chi connectivity index (χ3n) is 4.09. The van der Waals surface area contributed by atoms with Crippen LogP contribution in [0, 0.1) is 0 Å². The molecule has 1 aromatic carbocycles. The molecule has 1 atom stereocenters. The number of hydrogen-bond acceptors (Lipinski definition) is 4. The number of carbonyl (C=O) groups excluding carboxylic acids is 1. The first-order valence-electron chi connectivity index (χ1n) is 7.79. The van der Waals surface area contributed by atoms with Crippen molar-refractivity contribution in [2.45, 2.75) is 25.5 Å². The summed E-state index contributed by atoms with van der Waals surface area (Å²) >= 11 is 0. The second-order valence-corrected chi connectivity index (χ2v) is 6.24. The molecule has 3 rings (SSSR count). The lowest BCUT2D eigenvalue weighted by Gasteiger charge is -2.21. The number of anilines is 1. The average Bonchev–Trinajstić information content (AvgIpc) is 2.94. The lowest BCUT2D eigenvalue weighted by molar-refractivity contribution is 0.0839. The van der Waals surface area contributed by atoms with Gasteiger partial charge in [-0.1, -0.05) is 30.3 Å². The van der Waals surface area contributed by atoms with Crippen molar-refractivity contribution >= 4 is 11.6 Å². The van der Waals surface area contributed by atoms with Gasteiger partial charge < -0.3 is 15.3 Å². The number of aliphatic hydroxyl groups is 1. The summed E-state index contributed by atoms with van der Waals surface area (Å²) in [4.78, 5) is 18.5. The highest BCUT2D eigenvalue weighted by Crippen LogP contribution is 2.26. The summed E-state index contributed by atoms with van der Waals surface area (Å²) in [5, 5.41) is 13.0. The number of β-amino-alcohol motifs (C(OH)–C–C–N with tert-alkyl or cyclic N) is 1. The van der Waals surface area contributed by atoms with Crippen molar-refractivity contribution in [1.82, 2.24) is 10.3 Å². The van der Waals surface area contributed by atoms with E-state index in [9.17, 15) is 9.90 Å². The maximum atomic E-state index is 12.3. The van der Waals surface area contributed by atoms with Crippen LogP contribution in [0.4, 0.5) is 5.69 Å². The second kappa shape index (κ2) is 6.38. The van der Waals surface area contributed by atoms with E-state index >= 15 is 0 Å². The number of benzene rings is 1. The van der Waals surface area contributed by atoms with E-state index in [1.807, 2.05) is 43.3 Å². The Morgan fingerprint density at radius 2 is 2.13 bits per heavy atom. The number of hydrogen-bond donors (Lipinski definition) is 2. The van der Waals surface area contributed by atoms with E-state index in [1.54, 1.807) is 12.3 Å². The molecule has 1 unspecified atom stereocenters. The highest BCUT2D eigenvalue weighted by molar-refractivity contribution is 5.93. The Morgan fingerprint density at radius 1 is 1.35 bits per heavy atom. The molecule has 0 aliphatic carbocycles. The average molecular weight is 311 g/mol. The topological polar surface area (TPSA) is 65.5 Å². The number of amides is 1. The van der Waals surface area contributed by atoms with Gasteiger partial charge in [0.25, 0.3) is 5.91 Å². The molecule has 2 N–H and O–H groups in total. The van der Waals surface area contributed by atoms with Gasteiger partial charge in [-0.3, -0.25) is 9.78 Å². The van der Waals surface area contributed by atoms with Gasteiger partial charge in [0.15, 0.2) is 0 Å². The molecular formula is C18H21N3O2. The zero-order valence-electron chi connectivity index (χ0n) is 13.2. The summed E-state index contributed by atoms with van der Waals surface area (Å²) in [7, 11) is 0. The van der Waals surface area contributed by atoms with Crippen molar-refractivity contribution in [2.24, 2.45) is 0 Å². The van der Waals surface area contributed by atoms with Crippen LogP contribution in [0.25, 0.3) is 0 Å². The fourth-order valence-corrected chi connectivity index (χ4v) is 2.77. The number of carbonyl (C=O) groups is 1. The van der Waals surface area contributed by atoms with Gasteiger partial charge in [-0.15, -0.1) is 0 Å². The Bertz CT molecular complexity index is 686. The van der Waals surface area contributed by atoms with Gasteiger partial charge in [0, 0.05) is 31.5 Å². The number of rotatable bonds is 4. The van der Waals surface area contributed by atoms with Gasteiger partial charge in [0.1, 0.15) is 5.69 Å². The van der Waals surface area contributed by atoms with Gasteiger partial charge >= 0.3 is 0 Å². The van der Waals surface area contributed by atoms with E-state index in [2.05, 4.69) is 15.2 Å². The van der Waals surface area contributed by atoms with Crippen LogP contribution in [-0.4, -0.2) is 34.7 Å². The van der Waals surface area contributed by atoms with Crippen molar-refractivity contribution in [3.63, 3.8) is 0 Å². The fraction of sp³-hybridized carbons (Fsp3) is 0.333. The molecule has 2 heterocycles. The Morgan fingerprint density at radius 3 is 2.83 bits per heavy atom. The van der Waals surface area contributed by atoms with Crippen molar-refractivity contribution in [3.05, 3.63) is 59.9 Å². The summed E-state index contributed by atoms with van der Waals surface area (Å²) in [6.45, 7) is 3.66. The molecule has 0 saturated carbocycles. The van der Waals surface area contributed by atoms with Gasteiger partial charge in [-0.05, 0) is 31.0 Å². The summed E-state index contributed by atoms with van der Waals surface area (Å²) < 4.78 is 0. The molecule has 0 radical (unpaired) electrons. The van der Waals surface area contributed by atoms with E-state index in [0.29, 0.717) is 18.8 Å². The van der Waals surface area contributed by atoms with Crippen LogP contribution in [-0.2, 0) is 6.54 Å². The monoisotopic (exact) mass is 311 g/mol. The molecule has 1 aliphatic rings.